The van der Waals surface area contributed by atoms with Crippen LogP contribution in [-0.2, 0) is 6.42 Å². The van der Waals surface area contributed by atoms with Crippen molar-refractivity contribution in [3.05, 3.63) is 117 Å². The first kappa shape index (κ1) is 34.5. The fourth-order valence-corrected chi connectivity index (χ4v) is 9.13. The molecule has 2 heterocycles. The minimum absolute atomic E-state index is 0.0645. The van der Waals surface area contributed by atoms with Gasteiger partial charge >= 0.3 is 5.69 Å². The van der Waals surface area contributed by atoms with Crippen molar-refractivity contribution in [2.45, 2.75) is 95.3 Å². The highest BCUT2D eigenvalue weighted by atomic mass is 19.2. The number of rotatable bonds is 5. The van der Waals surface area contributed by atoms with Gasteiger partial charge in [-0.3, -0.25) is 9.36 Å². The normalized spacial score (nSPS) is 26.9. The van der Waals surface area contributed by atoms with E-state index in [0.29, 0.717) is 44.2 Å². The van der Waals surface area contributed by atoms with E-state index in [-0.39, 0.29) is 23.2 Å². The van der Waals surface area contributed by atoms with E-state index in [1.165, 1.54) is 11.6 Å². The van der Waals surface area contributed by atoms with E-state index >= 15 is 0 Å². The summed E-state index contributed by atoms with van der Waals surface area (Å²) < 4.78 is 30.1. The minimum Gasteiger partial charge on any atom is -0.393 e. The second kappa shape index (κ2) is 13.7. The van der Waals surface area contributed by atoms with E-state index in [2.05, 4.69) is 29.8 Å². The van der Waals surface area contributed by atoms with Crippen molar-refractivity contribution < 1.29 is 23.8 Å². The van der Waals surface area contributed by atoms with E-state index in [1.54, 1.807) is 0 Å². The number of benzene rings is 3. The number of nitrogens with zero attached hydrogens (tertiary/aromatic N) is 2. The summed E-state index contributed by atoms with van der Waals surface area (Å²) in [4.78, 5) is 32.3. The summed E-state index contributed by atoms with van der Waals surface area (Å²) in [5, 5.41) is 23.6. The average molecular weight is 684 g/mol. The molecule has 0 radical (unpaired) electrons. The van der Waals surface area contributed by atoms with Crippen LogP contribution >= 0.6 is 0 Å². The molecular formula is C41H47F2N3O4. The monoisotopic (exact) mass is 683 g/mol. The number of ketones is 1. The Morgan fingerprint density at radius 1 is 0.980 bits per heavy atom. The first-order valence-corrected chi connectivity index (χ1v) is 18.1. The topological polar surface area (TPSA) is 98.6 Å². The van der Waals surface area contributed by atoms with Gasteiger partial charge in [0.05, 0.1) is 22.7 Å². The lowest BCUT2D eigenvalue weighted by Crippen LogP contribution is -2.54. The van der Waals surface area contributed by atoms with Crippen LogP contribution in [0.1, 0.15) is 104 Å². The quantitative estimate of drug-likeness (QED) is 0.153. The van der Waals surface area contributed by atoms with E-state index in [4.69, 9.17) is 0 Å². The van der Waals surface area contributed by atoms with Crippen LogP contribution in [0.2, 0.25) is 0 Å². The van der Waals surface area contributed by atoms with E-state index in [0.717, 1.165) is 73.1 Å². The molecule has 264 valence electrons. The Morgan fingerprint density at radius 3 is 2.54 bits per heavy atom. The highest BCUT2D eigenvalue weighted by Gasteiger charge is 2.57. The lowest BCUT2D eigenvalue weighted by atomic mass is 9.64. The third-order valence-electron chi connectivity index (χ3n) is 12.1. The maximum atomic E-state index is 14.3. The lowest BCUT2D eigenvalue weighted by molar-refractivity contribution is -0.0870. The van der Waals surface area contributed by atoms with Crippen LogP contribution in [0.5, 0.6) is 0 Å². The number of H-pyrrole nitrogens is 1. The zero-order valence-electron chi connectivity index (χ0n) is 28.9. The van der Waals surface area contributed by atoms with E-state index in [1.807, 2.05) is 47.0 Å². The second-order valence-corrected chi connectivity index (χ2v) is 15.2. The summed E-state index contributed by atoms with van der Waals surface area (Å²) in [5.41, 5.74) is 3.28. The maximum absolute atomic E-state index is 14.3. The number of β-amino-alcohol motifs (C(OH)–C–C–N with tert-alkyl or cyclic N) is 1. The summed E-state index contributed by atoms with van der Waals surface area (Å²) in [6.45, 7) is 6.22. The Hall–Kier alpha value is -3.92. The molecule has 4 unspecified atom stereocenters. The fourth-order valence-electron chi connectivity index (χ4n) is 9.13. The molecule has 3 aliphatic carbocycles. The van der Waals surface area contributed by atoms with Crippen LogP contribution in [0.15, 0.2) is 77.1 Å². The standard InChI is InChI=1S/C41H47F2N3O4/c1-26-6-5-18-40(2)33(31-13-10-27(22-30(47)12-9-26)23-32(31)38(48)28-11-14-34(42)35(43)24-28)15-19-41(40,50)25-45-20-16-29(17-21-45)46-37-8-4-3-7-36(37)44-39(46)49/h3-4,6-8,10-11,13-14,23-24,29-30,33,47,50H,5,9,12,15-22,25H2,1-2H3,(H,44,49). The summed E-state index contributed by atoms with van der Waals surface area (Å²) in [7, 11) is 0. The largest absolute Gasteiger partial charge is 0.393 e. The van der Waals surface area contributed by atoms with Gasteiger partial charge in [-0.2, -0.15) is 0 Å². The molecule has 4 aliphatic rings. The molecule has 4 atom stereocenters. The molecule has 4 aromatic rings. The number of nitrogens with one attached hydrogen (secondary N) is 1. The van der Waals surface area contributed by atoms with Gasteiger partial charge in [0.1, 0.15) is 0 Å². The molecule has 3 N–H and O–H groups in total. The zero-order chi connectivity index (χ0) is 35.2. The molecule has 9 heteroatoms. The number of carbonyl (C=O) groups is 1. The van der Waals surface area contributed by atoms with Crippen molar-refractivity contribution in [1.82, 2.24) is 14.5 Å². The molecule has 0 spiro atoms. The van der Waals surface area contributed by atoms with Crippen LogP contribution in [0, 0.1) is 17.0 Å². The maximum Gasteiger partial charge on any atom is 0.326 e. The van der Waals surface area contributed by atoms with Crippen molar-refractivity contribution in [3.63, 3.8) is 0 Å². The molecule has 0 amide bonds. The van der Waals surface area contributed by atoms with Crippen LogP contribution in [0.3, 0.4) is 0 Å². The predicted molar refractivity (Wildman–Crippen MR) is 190 cm³/mol. The number of halogens is 2. The van der Waals surface area contributed by atoms with Crippen LogP contribution < -0.4 is 5.69 Å². The molecule has 1 aliphatic heterocycles. The van der Waals surface area contributed by atoms with Crippen molar-refractivity contribution in [2.24, 2.45) is 5.41 Å². The zero-order valence-corrected chi connectivity index (χ0v) is 28.9. The SMILES string of the molecule is CC1=CCCC2(C)C(CCC2(O)CN2CCC(n3c(=O)[nH]c4ccccc43)CC2)c2ccc(cc2C(=O)c2ccc(F)c(F)c2)CC(O)CC1. The van der Waals surface area contributed by atoms with Gasteiger partial charge in [0.2, 0.25) is 0 Å². The number of fused-ring (bicyclic) bond motifs is 9. The predicted octanol–water partition coefficient (Wildman–Crippen LogP) is 7.21. The highest BCUT2D eigenvalue weighted by Crippen LogP contribution is 2.59. The summed E-state index contributed by atoms with van der Waals surface area (Å²) in [6, 6.07) is 16.8. The average Bonchev–Trinajstić information content (AvgIpc) is 3.56. The number of carbonyl (C=O) groups excluding carboxylic acids is 1. The second-order valence-electron chi connectivity index (χ2n) is 15.2. The third-order valence-corrected chi connectivity index (χ3v) is 12.1. The number of aromatic amines is 1. The number of imidazole rings is 1. The molecule has 50 heavy (non-hydrogen) atoms. The van der Waals surface area contributed by atoms with Crippen molar-refractivity contribution in [2.75, 3.05) is 19.6 Å². The van der Waals surface area contributed by atoms with Gasteiger partial charge in [0.25, 0.3) is 0 Å². The fraction of sp³-hybridized carbons (Fsp3) is 0.463. The highest BCUT2D eigenvalue weighted by molar-refractivity contribution is 6.10. The van der Waals surface area contributed by atoms with Gasteiger partial charge in [0.15, 0.2) is 17.4 Å². The summed E-state index contributed by atoms with van der Waals surface area (Å²) in [5.74, 6) is -2.66. The number of allylic oxidation sites excluding steroid dienone is 2. The first-order valence-electron chi connectivity index (χ1n) is 18.1. The van der Waals surface area contributed by atoms with Gasteiger partial charge < -0.3 is 20.1 Å². The molecule has 2 bridgehead atoms. The third kappa shape index (κ3) is 6.40. The Morgan fingerprint density at radius 2 is 1.76 bits per heavy atom. The molecular weight excluding hydrogens is 636 g/mol. The Kier molecular flexibility index (Phi) is 9.43. The number of aliphatic hydroxyl groups is 2. The molecule has 7 nitrogen and oxygen atoms in total. The molecule has 8 rings (SSSR count). The van der Waals surface area contributed by atoms with E-state index < -0.39 is 34.5 Å². The van der Waals surface area contributed by atoms with Crippen molar-refractivity contribution in [3.8, 4) is 0 Å². The number of piperidine rings is 1. The minimum atomic E-state index is -1.08. The van der Waals surface area contributed by atoms with Crippen molar-refractivity contribution in [1.29, 1.82) is 0 Å². The van der Waals surface area contributed by atoms with Gasteiger partial charge in [-0.15, -0.1) is 0 Å². The van der Waals surface area contributed by atoms with Crippen LogP contribution in [0.4, 0.5) is 8.78 Å². The Labute approximate surface area is 291 Å². The van der Waals surface area contributed by atoms with Gasteiger partial charge in [-0.1, -0.05) is 42.8 Å². The molecule has 1 saturated heterocycles. The number of hydrogen-bond acceptors (Lipinski definition) is 5. The van der Waals surface area contributed by atoms with Crippen molar-refractivity contribution >= 4 is 16.8 Å². The molecule has 3 aromatic carbocycles. The van der Waals surface area contributed by atoms with Crippen LogP contribution in [-0.4, -0.2) is 61.8 Å². The number of aliphatic hydroxyl groups excluding tert-OH is 1. The van der Waals surface area contributed by atoms with Gasteiger partial charge in [-0.05, 0) is 118 Å². The number of hydrogen-bond donors (Lipinski definition) is 3. The van der Waals surface area contributed by atoms with E-state index in [9.17, 15) is 28.6 Å². The Bertz CT molecular complexity index is 1990. The molecule has 1 aromatic heterocycles. The Balaban J connectivity index is 1.20. The lowest BCUT2D eigenvalue weighted by Gasteiger charge is -2.47. The van der Waals surface area contributed by atoms with Crippen LogP contribution in [0.25, 0.3) is 11.0 Å². The number of likely N-dealkylation sites (tertiary alicyclic amines) is 1. The van der Waals surface area contributed by atoms with Gasteiger partial charge in [0, 0.05) is 42.2 Å². The molecule has 1 saturated carbocycles. The summed E-state index contributed by atoms with van der Waals surface area (Å²) >= 11 is 0. The number of para-hydroxylation sites is 2. The smallest absolute Gasteiger partial charge is 0.326 e. The summed E-state index contributed by atoms with van der Waals surface area (Å²) in [6.07, 6.45) is 7.58. The molecule has 2 fully saturated rings. The van der Waals surface area contributed by atoms with Gasteiger partial charge in [-0.25, -0.2) is 13.6 Å². The first-order chi connectivity index (χ1) is 24.0. The number of aromatic nitrogens is 2.